The van der Waals surface area contributed by atoms with Crippen LogP contribution in [-0.4, -0.2) is 17.1 Å². The minimum absolute atomic E-state index is 0.216. The Labute approximate surface area is 186 Å². The summed E-state index contributed by atoms with van der Waals surface area (Å²) in [6, 6.07) is 15.4. The number of nitrogens with zero attached hydrogens (tertiary/aromatic N) is 1. The number of hydrogen-bond donors (Lipinski definition) is 1. The van der Waals surface area contributed by atoms with Gasteiger partial charge in [-0.15, -0.1) is 0 Å². The van der Waals surface area contributed by atoms with Gasteiger partial charge in [-0.05, 0) is 55.7 Å². The number of carbonyl (C=O) groups is 1. The molecule has 3 aromatic rings. The van der Waals surface area contributed by atoms with Gasteiger partial charge in [-0.2, -0.15) is 13.2 Å². The summed E-state index contributed by atoms with van der Waals surface area (Å²) in [4.78, 5) is 16.7. The predicted molar refractivity (Wildman–Crippen MR) is 120 cm³/mol. The van der Waals surface area contributed by atoms with E-state index in [4.69, 9.17) is 0 Å². The predicted octanol–water partition coefficient (Wildman–Crippen LogP) is 6.30. The number of nitrogens with one attached hydrogen (secondary N) is 1. The fourth-order valence-electron chi connectivity index (χ4n) is 3.62. The number of halogens is 3. The molecule has 0 spiro atoms. The van der Waals surface area contributed by atoms with Crippen molar-refractivity contribution in [3.63, 3.8) is 0 Å². The molecule has 1 amide bonds. The average molecular weight is 438 g/mol. The van der Waals surface area contributed by atoms with Gasteiger partial charge in [0.25, 0.3) is 5.91 Å². The third-order valence-corrected chi connectivity index (χ3v) is 5.09. The second-order valence-corrected chi connectivity index (χ2v) is 7.88. The molecule has 0 saturated heterocycles. The molecule has 0 fully saturated rings. The van der Waals surface area contributed by atoms with Crippen LogP contribution in [0, 0.1) is 20.8 Å². The molecule has 0 bridgehead atoms. The monoisotopic (exact) mass is 438 g/mol. The molecule has 6 heteroatoms. The SMILES string of the molecule is Cc1cc(C)cc(C(/C=C/c2ccc(C(=O)NCc3ccccn3)c(C)c2)C(F)(F)F)c1. The number of amides is 1. The molecule has 0 aliphatic heterocycles. The number of pyridine rings is 1. The smallest absolute Gasteiger partial charge is 0.346 e. The van der Waals surface area contributed by atoms with Crippen LogP contribution in [0.5, 0.6) is 0 Å². The van der Waals surface area contributed by atoms with E-state index >= 15 is 0 Å². The summed E-state index contributed by atoms with van der Waals surface area (Å²) >= 11 is 0. The summed E-state index contributed by atoms with van der Waals surface area (Å²) in [6.45, 7) is 5.63. The van der Waals surface area contributed by atoms with Gasteiger partial charge in [-0.1, -0.05) is 59.7 Å². The quantitative estimate of drug-likeness (QED) is 0.491. The van der Waals surface area contributed by atoms with Gasteiger partial charge < -0.3 is 5.32 Å². The van der Waals surface area contributed by atoms with E-state index in [0.717, 1.165) is 16.8 Å². The minimum Gasteiger partial charge on any atom is -0.346 e. The first-order valence-electron chi connectivity index (χ1n) is 10.3. The zero-order chi connectivity index (χ0) is 23.3. The summed E-state index contributed by atoms with van der Waals surface area (Å²) in [5.74, 6) is -1.96. The maximum Gasteiger partial charge on any atom is 0.399 e. The molecule has 0 aliphatic carbocycles. The molecule has 32 heavy (non-hydrogen) atoms. The van der Waals surface area contributed by atoms with Crippen molar-refractivity contribution in [1.29, 1.82) is 0 Å². The molecule has 3 nitrogen and oxygen atoms in total. The van der Waals surface area contributed by atoms with Gasteiger partial charge in [0.05, 0.1) is 18.2 Å². The summed E-state index contributed by atoms with van der Waals surface area (Å²) in [7, 11) is 0. The van der Waals surface area contributed by atoms with E-state index in [1.165, 1.54) is 12.2 Å². The Balaban J connectivity index is 1.77. The van der Waals surface area contributed by atoms with E-state index in [0.29, 0.717) is 23.2 Å². The van der Waals surface area contributed by atoms with Crippen molar-refractivity contribution < 1.29 is 18.0 Å². The molecule has 1 heterocycles. The lowest BCUT2D eigenvalue weighted by Gasteiger charge is -2.18. The van der Waals surface area contributed by atoms with Crippen molar-refractivity contribution in [3.05, 3.63) is 106 Å². The molecule has 166 valence electrons. The highest BCUT2D eigenvalue weighted by Gasteiger charge is 2.39. The highest BCUT2D eigenvalue weighted by molar-refractivity contribution is 5.95. The summed E-state index contributed by atoms with van der Waals surface area (Å²) in [5, 5.41) is 2.81. The lowest BCUT2D eigenvalue weighted by atomic mass is 9.93. The summed E-state index contributed by atoms with van der Waals surface area (Å²) < 4.78 is 41.2. The van der Waals surface area contributed by atoms with Crippen LogP contribution in [-0.2, 0) is 6.54 Å². The number of hydrogen-bond acceptors (Lipinski definition) is 2. The topological polar surface area (TPSA) is 42.0 Å². The molecule has 0 radical (unpaired) electrons. The Morgan fingerprint density at radius 2 is 1.75 bits per heavy atom. The van der Waals surface area contributed by atoms with Crippen LogP contribution < -0.4 is 5.32 Å². The second kappa shape index (κ2) is 9.81. The van der Waals surface area contributed by atoms with Gasteiger partial charge in [0.15, 0.2) is 0 Å². The Kier molecular flexibility index (Phi) is 7.13. The van der Waals surface area contributed by atoms with Gasteiger partial charge in [-0.3, -0.25) is 9.78 Å². The minimum atomic E-state index is -4.41. The number of aryl methyl sites for hydroxylation is 3. The maximum absolute atomic E-state index is 13.7. The van der Waals surface area contributed by atoms with Crippen molar-refractivity contribution in [2.75, 3.05) is 0 Å². The zero-order valence-corrected chi connectivity index (χ0v) is 18.2. The first kappa shape index (κ1) is 23.3. The van der Waals surface area contributed by atoms with E-state index in [1.807, 2.05) is 18.2 Å². The van der Waals surface area contributed by atoms with Gasteiger partial charge in [0.1, 0.15) is 0 Å². The highest BCUT2D eigenvalue weighted by atomic mass is 19.4. The summed E-state index contributed by atoms with van der Waals surface area (Å²) in [5.41, 5.74) is 4.29. The summed E-state index contributed by atoms with van der Waals surface area (Å²) in [6.07, 6.45) is -0.126. The molecule has 1 aromatic heterocycles. The van der Waals surface area contributed by atoms with Crippen molar-refractivity contribution in [2.24, 2.45) is 0 Å². The fraction of sp³-hybridized carbons (Fsp3) is 0.231. The van der Waals surface area contributed by atoms with Crippen molar-refractivity contribution >= 4 is 12.0 Å². The van der Waals surface area contributed by atoms with Crippen LogP contribution in [0.4, 0.5) is 13.2 Å². The number of rotatable bonds is 6. The first-order chi connectivity index (χ1) is 15.1. The van der Waals surface area contributed by atoms with E-state index < -0.39 is 12.1 Å². The van der Waals surface area contributed by atoms with Crippen molar-refractivity contribution in [3.8, 4) is 0 Å². The van der Waals surface area contributed by atoms with Crippen LogP contribution in [0.15, 0.2) is 66.9 Å². The third kappa shape index (κ3) is 6.06. The standard InChI is InChI=1S/C26H25F3N2O/c1-17-12-18(2)14-21(13-17)24(26(27,28)29)10-8-20-7-9-23(19(3)15-20)25(32)31-16-22-6-4-5-11-30-22/h4-15,24H,16H2,1-3H3,(H,31,32)/b10-8+. The molecule has 1 N–H and O–H groups in total. The molecule has 3 rings (SSSR count). The molecule has 0 saturated carbocycles. The first-order valence-corrected chi connectivity index (χ1v) is 10.3. The third-order valence-electron chi connectivity index (χ3n) is 5.09. The van der Waals surface area contributed by atoms with Crippen LogP contribution >= 0.6 is 0 Å². The van der Waals surface area contributed by atoms with Crippen LogP contribution in [0.2, 0.25) is 0 Å². The Hall–Kier alpha value is -3.41. The largest absolute Gasteiger partial charge is 0.399 e. The second-order valence-electron chi connectivity index (χ2n) is 7.88. The Morgan fingerprint density at radius 3 is 2.34 bits per heavy atom. The molecular weight excluding hydrogens is 413 g/mol. The number of alkyl halides is 3. The number of carbonyl (C=O) groups excluding carboxylic acids is 1. The van der Waals surface area contributed by atoms with E-state index in [9.17, 15) is 18.0 Å². The van der Waals surface area contributed by atoms with Gasteiger partial charge in [-0.25, -0.2) is 0 Å². The van der Waals surface area contributed by atoms with E-state index in [2.05, 4.69) is 10.3 Å². The molecular formula is C26H25F3N2O. The normalized spacial score (nSPS) is 12.7. The Bertz CT molecular complexity index is 1100. The highest BCUT2D eigenvalue weighted by Crippen LogP contribution is 2.37. The van der Waals surface area contributed by atoms with Gasteiger partial charge in [0.2, 0.25) is 0 Å². The number of benzene rings is 2. The van der Waals surface area contributed by atoms with E-state index in [1.54, 1.807) is 63.4 Å². The van der Waals surface area contributed by atoms with Crippen molar-refractivity contribution in [1.82, 2.24) is 10.3 Å². The fourth-order valence-corrected chi connectivity index (χ4v) is 3.62. The van der Waals surface area contributed by atoms with Gasteiger partial charge in [0, 0.05) is 11.8 Å². The molecule has 1 atom stereocenters. The van der Waals surface area contributed by atoms with Gasteiger partial charge >= 0.3 is 6.18 Å². The number of allylic oxidation sites excluding steroid dienone is 1. The van der Waals surface area contributed by atoms with Crippen LogP contribution in [0.1, 0.15) is 49.8 Å². The van der Waals surface area contributed by atoms with Crippen LogP contribution in [0.3, 0.4) is 0 Å². The maximum atomic E-state index is 13.7. The molecule has 0 aliphatic rings. The lowest BCUT2D eigenvalue weighted by molar-refractivity contribution is -0.139. The molecule has 1 unspecified atom stereocenters. The number of aromatic nitrogens is 1. The average Bonchev–Trinajstić information content (AvgIpc) is 2.71. The lowest BCUT2D eigenvalue weighted by Crippen LogP contribution is -2.24. The van der Waals surface area contributed by atoms with E-state index in [-0.39, 0.29) is 11.5 Å². The zero-order valence-electron chi connectivity index (χ0n) is 18.2. The Morgan fingerprint density at radius 1 is 1.03 bits per heavy atom. The van der Waals surface area contributed by atoms with Crippen molar-refractivity contribution in [2.45, 2.75) is 39.4 Å². The molecule has 2 aromatic carbocycles. The van der Waals surface area contributed by atoms with Crippen LogP contribution in [0.25, 0.3) is 6.08 Å².